The monoisotopic (exact) mass is 350 g/mol. The summed E-state index contributed by atoms with van der Waals surface area (Å²) in [6.45, 7) is 1.43. The number of nitrogens with two attached hydrogens (primary N) is 1. The molecule has 0 aromatic carbocycles. The van der Waals surface area contributed by atoms with E-state index in [-0.39, 0.29) is 18.2 Å². The summed E-state index contributed by atoms with van der Waals surface area (Å²) in [5, 5.41) is 10.3. The highest BCUT2D eigenvalue weighted by molar-refractivity contribution is 7.98. The highest BCUT2D eigenvalue weighted by Gasteiger charge is 2.06. The predicted octanol–water partition coefficient (Wildman–Crippen LogP) is 1.96. The minimum absolute atomic E-state index is 0. The van der Waals surface area contributed by atoms with Crippen molar-refractivity contribution in [3.05, 3.63) is 45.8 Å². The summed E-state index contributed by atoms with van der Waals surface area (Å²) in [5.74, 6) is 3.64. The Morgan fingerprint density at radius 2 is 2.05 bits per heavy atom. The number of thioether (sulfide) groups is 1. The molecule has 7 nitrogen and oxygen atoms in total. The van der Waals surface area contributed by atoms with E-state index in [1.165, 1.54) is 0 Å². The molecule has 1 rings (SSSR count). The van der Waals surface area contributed by atoms with Crippen molar-refractivity contribution in [3.8, 4) is 0 Å². The van der Waals surface area contributed by atoms with E-state index in [0.29, 0.717) is 6.54 Å². The molecule has 0 spiro atoms. The van der Waals surface area contributed by atoms with Gasteiger partial charge in [0.1, 0.15) is 11.5 Å². The second-order valence-electron chi connectivity index (χ2n) is 4.92. The molecule has 126 valence electrons. The van der Waals surface area contributed by atoms with Gasteiger partial charge in [-0.1, -0.05) is 0 Å². The van der Waals surface area contributed by atoms with Crippen LogP contribution in [0.15, 0.2) is 28.6 Å². The standard InChI is InChI=1S/C13H22N4O3S.ClH/c1-15(2)8-11-4-5-12(20-11)10-21-7-6-16(3)13(14)9-17(18)19;/h4-5,9H,6-8,10,14H2,1-3H3;1H. The van der Waals surface area contributed by atoms with Gasteiger partial charge in [-0.25, -0.2) is 0 Å². The fourth-order valence-electron chi connectivity index (χ4n) is 1.61. The first kappa shape index (κ1) is 20.6. The van der Waals surface area contributed by atoms with Crippen LogP contribution in [0.2, 0.25) is 0 Å². The van der Waals surface area contributed by atoms with Crippen LogP contribution >= 0.6 is 24.2 Å². The van der Waals surface area contributed by atoms with Crippen molar-refractivity contribution >= 4 is 24.2 Å². The summed E-state index contributed by atoms with van der Waals surface area (Å²) < 4.78 is 5.70. The Morgan fingerprint density at radius 1 is 1.41 bits per heavy atom. The molecule has 0 aliphatic carbocycles. The summed E-state index contributed by atoms with van der Waals surface area (Å²) in [6.07, 6.45) is 0.810. The quantitative estimate of drug-likeness (QED) is 0.413. The highest BCUT2D eigenvalue weighted by Crippen LogP contribution is 2.16. The number of halogens is 1. The van der Waals surface area contributed by atoms with Crippen LogP contribution < -0.4 is 5.73 Å². The number of furan rings is 1. The van der Waals surface area contributed by atoms with Crippen LogP contribution in [-0.4, -0.2) is 48.2 Å². The summed E-state index contributed by atoms with van der Waals surface area (Å²) in [7, 11) is 5.73. The van der Waals surface area contributed by atoms with Crippen molar-refractivity contribution in [2.75, 3.05) is 33.4 Å². The van der Waals surface area contributed by atoms with Crippen LogP contribution in [0.1, 0.15) is 11.5 Å². The number of nitro groups is 1. The molecule has 0 bridgehead atoms. The Kier molecular flexibility index (Phi) is 9.71. The van der Waals surface area contributed by atoms with E-state index in [1.807, 2.05) is 26.2 Å². The first-order valence-electron chi connectivity index (χ1n) is 6.50. The Balaban J connectivity index is 0.00000441. The van der Waals surface area contributed by atoms with E-state index in [9.17, 15) is 10.1 Å². The maximum absolute atomic E-state index is 10.3. The third-order valence-electron chi connectivity index (χ3n) is 2.68. The average Bonchev–Trinajstić information content (AvgIpc) is 2.80. The van der Waals surface area contributed by atoms with E-state index in [4.69, 9.17) is 10.2 Å². The summed E-state index contributed by atoms with van der Waals surface area (Å²) in [5.41, 5.74) is 5.57. The molecule has 0 saturated carbocycles. The van der Waals surface area contributed by atoms with Crippen LogP contribution in [0.4, 0.5) is 0 Å². The normalized spacial score (nSPS) is 11.4. The smallest absolute Gasteiger partial charge is 0.274 e. The second kappa shape index (κ2) is 10.4. The molecule has 22 heavy (non-hydrogen) atoms. The van der Waals surface area contributed by atoms with Crippen molar-refractivity contribution in [1.82, 2.24) is 9.80 Å². The molecule has 0 amide bonds. The average molecular weight is 351 g/mol. The van der Waals surface area contributed by atoms with Crippen LogP contribution in [-0.2, 0) is 12.3 Å². The van der Waals surface area contributed by atoms with Gasteiger partial charge in [-0.15, -0.1) is 12.4 Å². The van der Waals surface area contributed by atoms with Gasteiger partial charge in [0.25, 0.3) is 6.20 Å². The van der Waals surface area contributed by atoms with Crippen LogP contribution in [0.5, 0.6) is 0 Å². The minimum Gasteiger partial charge on any atom is -0.464 e. The number of hydrogen-bond donors (Lipinski definition) is 1. The van der Waals surface area contributed by atoms with E-state index in [1.54, 1.807) is 23.7 Å². The van der Waals surface area contributed by atoms with Gasteiger partial charge < -0.3 is 20.0 Å². The van der Waals surface area contributed by atoms with Gasteiger partial charge in [0.15, 0.2) is 5.82 Å². The lowest BCUT2D eigenvalue weighted by Crippen LogP contribution is -2.26. The van der Waals surface area contributed by atoms with Gasteiger partial charge in [-0.05, 0) is 26.2 Å². The maximum Gasteiger partial charge on any atom is 0.274 e. The molecule has 0 unspecified atom stereocenters. The van der Waals surface area contributed by atoms with Gasteiger partial charge in [-0.3, -0.25) is 10.1 Å². The first-order valence-corrected chi connectivity index (χ1v) is 7.66. The minimum atomic E-state index is -0.548. The number of rotatable bonds is 9. The topological polar surface area (TPSA) is 88.8 Å². The molecular formula is C13H23ClN4O3S. The molecule has 0 saturated heterocycles. The third-order valence-corrected chi connectivity index (χ3v) is 3.64. The third kappa shape index (κ3) is 8.16. The second-order valence-corrected chi connectivity index (χ2v) is 6.02. The molecule has 0 atom stereocenters. The Bertz CT molecular complexity index is 493. The molecular weight excluding hydrogens is 328 g/mol. The highest BCUT2D eigenvalue weighted by atomic mass is 35.5. The number of nitrogens with zero attached hydrogens (tertiary/aromatic N) is 3. The lowest BCUT2D eigenvalue weighted by molar-refractivity contribution is -0.404. The van der Waals surface area contributed by atoms with Crippen molar-refractivity contribution in [2.45, 2.75) is 12.3 Å². The molecule has 0 aliphatic heterocycles. The van der Waals surface area contributed by atoms with E-state index in [0.717, 1.165) is 35.8 Å². The lowest BCUT2D eigenvalue weighted by atomic mass is 10.4. The molecule has 1 aromatic rings. The van der Waals surface area contributed by atoms with Gasteiger partial charge >= 0.3 is 0 Å². The van der Waals surface area contributed by atoms with E-state index in [2.05, 4.69) is 4.90 Å². The largest absolute Gasteiger partial charge is 0.464 e. The summed E-state index contributed by atoms with van der Waals surface area (Å²) >= 11 is 1.70. The molecule has 1 heterocycles. The van der Waals surface area contributed by atoms with E-state index >= 15 is 0 Å². The predicted molar refractivity (Wildman–Crippen MR) is 91.4 cm³/mol. The molecule has 9 heteroatoms. The van der Waals surface area contributed by atoms with Crippen molar-refractivity contribution < 1.29 is 9.34 Å². The molecule has 1 aromatic heterocycles. The van der Waals surface area contributed by atoms with Crippen LogP contribution in [0, 0.1) is 10.1 Å². The fraction of sp³-hybridized carbons (Fsp3) is 0.538. The van der Waals surface area contributed by atoms with Gasteiger partial charge in [0.2, 0.25) is 0 Å². The maximum atomic E-state index is 10.3. The van der Waals surface area contributed by atoms with Crippen molar-refractivity contribution in [3.63, 3.8) is 0 Å². The first-order chi connectivity index (χ1) is 9.88. The molecule has 0 aliphatic rings. The van der Waals surface area contributed by atoms with Gasteiger partial charge in [-0.2, -0.15) is 11.8 Å². The van der Waals surface area contributed by atoms with Gasteiger partial charge in [0.05, 0.1) is 17.2 Å². The van der Waals surface area contributed by atoms with Crippen LogP contribution in [0.25, 0.3) is 0 Å². The Labute approximate surface area is 141 Å². The summed E-state index contributed by atoms with van der Waals surface area (Å²) in [4.78, 5) is 13.5. The molecule has 0 fully saturated rings. The molecule has 0 radical (unpaired) electrons. The zero-order valence-electron chi connectivity index (χ0n) is 13.0. The Morgan fingerprint density at radius 3 is 2.64 bits per heavy atom. The van der Waals surface area contributed by atoms with Crippen molar-refractivity contribution in [2.24, 2.45) is 5.73 Å². The zero-order chi connectivity index (χ0) is 15.8. The SMILES string of the molecule is CN(C)Cc1ccc(CSCCN(C)C(N)=C[N+](=O)[O-])o1.Cl. The van der Waals surface area contributed by atoms with Crippen LogP contribution in [0.3, 0.4) is 0 Å². The van der Waals surface area contributed by atoms with Crippen molar-refractivity contribution in [1.29, 1.82) is 0 Å². The fourth-order valence-corrected chi connectivity index (χ4v) is 2.51. The van der Waals surface area contributed by atoms with E-state index < -0.39 is 4.92 Å². The lowest BCUT2D eigenvalue weighted by Gasteiger charge is -2.16. The number of hydrogen-bond acceptors (Lipinski definition) is 7. The Hall–Kier alpha value is -1.38. The van der Waals surface area contributed by atoms with Gasteiger partial charge in [0, 0.05) is 19.3 Å². The zero-order valence-corrected chi connectivity index (χ0v) is 14.7. The summed E-state index contributed by atoms with van der Waals surface area (Å²) in [6, 6.07) is 3.97. The molecule has 2 N–H and O–H groups in total.